The molecule has 1 aromatic rings. The van der Waals surface area contributed by atoms with Crippen molar-refractivity contribution in [1.82, 2.24) is 9.97 Å². The molecule has 16 heavy (non-hydrogen) atoms. The van der Waals surface area contributed by atoms with Crippen molar-refractivity contribution in [3.63, 3.8) is 0 Å². The van der Waals surface area contributed by atoms with Crippen LogP contribution in [-0.2, 0) is 10.3 Å². The Balaban J connectivity index is 0.00000128. The van der Waals surface area contributed by atoms with Crippen molar-refractivity contribution in [1.29, 1.82) is 0 Å². The number of carbonyl (C=O) groups excluding carboxylic acids is 1. The zero-order valence-electron chi connectivity index (χ0n) is 8.97. The third-order valence-corrected chi connectivity index (χ3v) is 2.37. The number of aromatic nitrogens is 2. The second-order valence-corrected chi connectivity index (χ2v) is 3.64. The molecule has 0 bridgehead atoms. The molecule has 2 rings (SSSR count). The zero-order chi connectivity index (χ0) is 10.9. The smallest absolute Gasteiger partial charge is 0.357 e. The standard InChI is InChI=1S/C10H13N3O2.ClH/c1-2-15-8(14)7-3-6-12-9(13-7)10(11)4-5-10;/h3,6H,2,4-5,11H2,1H3;1H. The number of ether oxygens (including phenoxy) is 1. The first-order chi connectivity index (χ1) is 7.15. The molecule has 0 spiro atoms. The second kappa shape index (κ2) is 4.76. The van der Waals surface area contributed by atoms with Gasteiger partial charge >= 0.3 is 5.97 Å². The molecule has 1 aliphatic carbocycles. The van der Waals surface area contributed by atoms with Gasteiger partial charge in [0.1, 0.15) is 5.82 Å². The van der Waals surface area contributed by atoms with E-state index in [1.807, 2.05) is 0 Å². The highest BCUT2D eigenvalue weighted by molar-refractivity contribution is 5.87. The topological polar surface area (TPSA) is 78.1 Å². The number of nitrogens with two attached hydrogens (primary N) is 1. The molecular weight excluding hydrogens is 230 g/mol. The SMILES string of the molecule is CCOC(=O)c1ccnc(C2(N)CC2)n1.Cl. The molecule has 0 radical (unpaired) electrons. The number of esters is 1. The highest BCUT2D eigenvalue weighted by Gasteiger charge is 2.43. The van der Waals surface area contributed by atoms with Gasteiger partial charge in [0.05, 0.1) is 12.1 Å². The lowest BCUT2D eigenvalue weighted by atomic mass is 10.2. The fourth-order valence-electron chi connectivity index (χ4n) is 1.28. The maximum Gasteiger partial charge on any atom is 0.357 e. The minimum atomic E-state index is -0.426. The molecule has 2 N–H and O–H groups in total. The monoisotopic (exact) mass is 243 g/mol. The number of hydrogen-bond acceptors (Lipinski definition) is 5. The highest BCUT2D eigenvalue weighted by Crippen LogP contribution is 2.40. The van der Waals surface area contributed by atoms with Crippen LogP contribution < -0.4 is 5.73 Å². The van der Waals surface area contributed by atoms with Crippen LogP contribution in [0.4, 0.5) is 0 Å². The van der Waals surface area contributed by atoms with Crippen molar-refractivity contribution < 1.29 is 9.53 Å². The van der Waals surface area contributed by atoms with Crippen LogP contribution in [-0.4, -0.2) is 22.5 Å². The highest BCUT2D eigenvalue weighted by atomic mass is 35.5. The Hall–Kier alpha value is -1.20. The minimum Gasteiger partial charge on any atom is -0.461 e. The molecule has 1 aromatic heterocycles. The van der Waals surface area contributed by atoms with Gasteiger partial charge in [0.25, 0.3) is 0 Å². The van der Waals surface area contributed by atoms with Gasteiger partial charge in [-0.15, -0.1) is 12.4 Å². The van der Waals surface area contributed by atoms with Crippen LogP contribution in [0.25, 0.3) is 0 Å². The molecule has 6 heteroatoms. The van der Waals surface area contributed by atoms with Crippen LogP contribution in [0.1, 0.15) is 36.1 Å². The Morgan fingerprint density at radius 2 is 2.31 bits per heavy atom. The van der Waals surface area contributed by atoms with Gasteiger partial charge in [-0.05, 0) is 25.8 Å². The molecule has 0 aromatic carbocycles. The lowest BCUT2D eigenvalue weighted by molar-refractivity contribution is 0.0518. The average molecular weight is 244 g/mol. The van der Waals surface area contributed by atoms with Gasteiger partial charge in [-0.2, -0.15) is 0 Å². The van der Waals surface area contributed by atoms with E-state index in [1.54, 1.807) is 13.1 Å². The summed E-state index contributed by atoms with van der Waals surface area (Å²) in [4.78, 5) is 19.6. The lowest BCUT2D eigenvalue weighted by Crippen LogP contribution is -2.23. The predicted molar refractivity (Wildman–Crippen MR) is 60.3 cm³/mol. The van der Waals surface area contributed by atoms with E-state index in [2.05, 4.69) is 9.97 Å². The van der Waals surface area contributed by atoms with E-state index in [1.165, 1.54) is 6.07 Å². The van der Waals surface area contributed by atoms with E-state index in [0.717, 1.165) is 12.8 Å². The normalized spacial score (nSPS) is 16.1. The molecule has 1 saturated carbocycles. The van der Waals surface area contributed by atoms with Gasteiger partial charge in [-0.3, -0.25) is 0 Å². The number of hydrogen-bond donors (Lipinski definition) is 1. The summed E-state index contributed by atoms with van der Waals surface area (Å²) in [5.74, 6) is 0.110. The van der Waals surface area contributed by atoms with E-state index < -0.39 is 11.5 Å². The molecule has 5 nitrogen and oxygen atoms in total. The molecule has 1 aliphatic rings. The fraction of sp³-hybridized carbons (Fsp3) is 0.500. The third-order valence-electron chi connectivity index (χ3n) is 2.37. The number of halogens is 1. The van der Waals surface area contributed by atoms with E-state index in [-0.39, 0.29) is 18.1 Å². The lowest BCUT2D eigenvalue weighted by Gasteiger charge is -2.07. The van der Waals surface area contributed by atoms with E-state index in [4.69, 9.17) is 10.5 Å². The van der Waals surface area contributed by atoms with Crippen LogP contribution in [0.2, 0.25) is 0 Å². The van der Waals surface area contributed by atoms with Crippen LogP contribution in [0.15, 0.2) is 12.3 Å². The predicted octanol–water partition coefficient (Wildman–Crippen LogP) is 1.02. The average Bonchev–Trinajstić information content (AvgIpc) is 2.99. The van der Waals surface area contributed by atoms with E-state index >= 15 is 0 Å². The summed E-state index contributed by atoms with van der Waals surface area (Å²) in [6, 6.07) is 1.53. The summed E-state index contributed by atoms with van der Waals surface area (Å²) >= 11 is 0. The van der Waals surface area contributed by atoms with Crippen molar-refractivity contribution in [2.45, 2.75) is 25.3 Å². The summed E-state index contributed by atoms with van der Waals surface area (Å²) in [5.41, 5.74) is 5.80. The number of rotatable bonds is 3. The Kier molecular flexibility index (Phi) is 3.83. The van der Waals surface area contributed by atoms with Crippen LogP contribution in [0, 0.1) is 0 Å². The molecule has 1 fully saturated rings. The van der Waals surface area contributed by atoms with Crippen molar-refractivity contribution in [3.8, 4) is 0 Å². The van der Waals surface area contributed by atoms with E-state index in [0.29, 0.717) is 12.4 Å². The fourth-order valence-corrected chi connectivity index (χ4v) is 1.28. The Labute approximate surface area is 99.8 Å². The maximum absolute atomic E-state index is 11.4. The first-order valence-corrected chi connectivity index (χ1v) is 4.95. The zero-order valence-corrected chi connectivity index (χ0v) is 9.79. The van der Waals surface area contributed by atoms with Gasteiger partial charge in [-0.1, -0.05) is 0 Å². The molecule has 1 heterocycles. The van der Waals surface area contributed by atoms with Gasteiger partial charge in [0.15, 0.2) is 5.69 Å². The van der Waals surface area contributed by atoms with Crippen LogP contribution in [0.3, 0.4) is 0 Å². The van der Waals surface area contributed by atoms with Gasteiger partial charge < -0.3 is 10.5 Å². The second-order valence-electron chi connectivity index (χ2n) is 3.64. The molecular formula is C10H14ClN3O2. The first kappa shape index (κ1) is 12.9. The first-order valence-electron chi connectivity index (χ1n) is 4.95. The van der Waals surface area contributed by atoms with Crippen molar-refractivity contribution in [2.24, 2.45) is 5.73 Å². The Morgan fingerprint density at radius 1 is 1.62 bits per heavy atom. The Morgan fingerprint density at radius 3 is 2.88 bits per heavy atom. The van der Waals surface area contributed by atoms with E-state index in [9.17, 15) is 4.79 Å². The Bertz CT molecular complexity index is 393. The molecule has 0 aliphatic heterocycles. The van der Waals surface area contributed by atoms with Crippen molar-refractivity contribution in [3.05, 3.63) is 23.8 Å². The van der Waals surface area contributed by atoms with Gasteiger partial charge in [-0.25, -0.2) is 14.8 Å². The van der Waals surface area contributed by atoms with Crippen molar-refractivity contribution >= 4 is 18.4 Å². The summed E-state index contributed by atoms with van der Waals surface area (Å²) in [7, 11) is 0. The quantitative estimate of drug-likeness (QED) is 0.802. The number of carbonyl (C=O) groups is 1. The molecule has 0 unspecified atom stereocenters. The minimum absolute atomic E-state index is 0. The summed E-state index contributed by atoms with van der Waals surface area (Å²) in [6.07, 6.45) is 3.29. The summed E-state index contributed by atoms with van der Waals surface area (Å²) in [6.45, 7) is 2.09. The number of nitrogens with zero attached hydrogens (tertiary/aromatic N) is 2. The van der Waals surface area contributed by atoms with Crippen LogP contribution in [0.5, 0.6) is 0 Å². The molecule has 0 atom stereocenters. The van der Waals surface area contributed by atoms with Gasteiger partial charge in [0.2, 0.25) is 0 Å². The van der Waals surface area contributed by atoms with Crippen LogP contribution >= 0.6 is 12.4 Å². The summed E-state index contributed by atoms with van der Waals surface area (Å²) in [5, 5.41) is 0. The molecule has 0 saturated heterocycles. The summed E-state index contributed by atoms with van der Waals surface area (Å²) < 4.78 is 4.85. The third kappa shape index (κ3) is 2.48. The van der Waals surface area contributed by atoms with Crippen molar-refractivity contribution in [2.75, 3.05) is 6.61 Å². The van der Waals surface area contributed by atoms with Gasteiger partial charge in [0, 0.05) is 6.20 Å². The largest absolute Gasteiger partial charge is 0.461 e. The molecule has 88 valence electrons. The molecule has 0 amide bonds. The maximum atomic E-state index is 11.4.